The van der Waals surface area contributed by atoms with Crippen LogP contribution in [0.25, 0.3) is 10.9 Å². The van der Waals surface area contributed by atoms with Gasteiger partial charge in [0.2, 0.25) is 0 Å². The molecule has 0 bridgehead atoms. The van der Waals surface area contributed by atoms with Gasteiger partial charge in [0.05, 0.1) is 12.1 Å². The minimum Gasteiger partial charge on any atom is -0.486 e. The summed E-state index contributed by atoms with van der Waals surface area (Å²) in [7, 11) is 0. The number of aromatic amines is 1. The van der Waals surface area contributed by atoms with Gasteiger partial charge in [-0.1, -0.05) is 0 Å². The maximum Gasteiger partial charge on any atom is 0.396 e. The first-order chi connectivity index (χ1) is 12.1. The summed E-state index contributed by atoms with van der Waals surface area (Å²) in [4.78, 5) is 37.7. The Labute approximate surface area is 143 Å². The van der Waals surface area contributed by atoms with Crippen molar-refractivity contribution in [2.75, 3.05) is 26.4 Å². The third-order valence-corrected chi connectivity index (χ3v) is 3.72. The molecule has 0 aliphatic carbocycles. The second-order valence-corrected chi connectivity index (χ2v) is 5.43. The molecule has 1 aliphatic rings. The van der Waals surface area contributed by atoms with Gasteiger partial charge in [-0.25, -0.2) is 4.79 Å². The number of nitrogens with one attached hydrogen (secondary N) is 2. The predicted molar refractivity (Wildman–Crippen MR) is 88.9 cm³/mol. The number of rotatable bonds is 4. The van der Waals surface area contributed by atoms with Crippen molar-refractivity contribution in [3.63, 3.8) is 0 Å². The minimum atomic E-state index is -0.932. The Morgan fingerprint density at radius 1 is 1.20 bits per heavy atom. The van der Waals surface area contributed by atoms with Gasteiger partial charge >= 0.3 is 11.9 Å². The Kier molecular flexibility index (Phi) is 4.87. The Hall–Kier alpha value is -3.03. The number of ether oxygens (including phenoxy) is 3. The zero-order valence-corrected chi connectivity index (χ0v) is 13.7. The molecule has 8 nitrogen and oxygen atoms in total. The molecule has 1 amide bonds. The van der Waals surface area contributed by atoms with Crippen LogP contribution in [0.15, 0.2) is 23.0 Å². The summed E-state index contributed by atoms with van der Waals surface area (Å²) < 4.78 is 15.6. The molecule has 0 saturated heterocycles. The van der Waals surface area contributed by atoms with Crippen LogP contribution in [0.3, 0.4) is 0 Å². The van der Waals surface area contributed by atoms with Gasteiger partial charge in [0.15, 0.2) is 11.5 Å². The maximum atomic E-state index is 12.2. The molecule has 0 radical (unpaired) electrons. The smallest absolute Gasteiger partial charge is 0.396 e. The number of esters is 1. The Morgan fingerprint density at radius 2 is 1.92 bits per heavy atom. The van der Waals surface area contributed by atoms with Crippen LogP contribution in [0.4, 0.5) is 0 Å². The van der Waals surface area contributed by atoms with E-state index < -0.39 is 11.9 Å². The zero-order valence-electron chi connectivity index (χ0n) is 13.7. The van der Waals surface area contributed by atoms with Crippen LogP contribution in [-0.2, 0) is 20.7 Å². The Bertz CT molecular complexity index is 873. The van der Waals surface area contributed by atoms with Crippen LogP contribution in [0, 0.1) is 0 Å². The van der Waals surface area contributed by atoms with E-state index in [-0.39, 0.29) is 25.1 Å². The molecular formula is C17H18N2O6. The first-order valence-corrected chi connectivity index (χ1v) is 7.99. The van der Waals surface area contributed by atoms with Gasteiger partial charge in [-0.05, 0) is 25.5 Å². The topological polar surface area (TPSA) is 107 Å². The van der Waals surface area contributed by atoms with Crippen LogP contribution in [-0.4, -0.2) is 43.2 Å². The van der Waals surface area contributed by atoms with Crippen molar-refractivity contribution in [3.05, 3.63) is 34.1 Å². The number of fused-ring (bicyclic) bond motifs is 2. The SMILES string of the molecule is CCOC(=O)C(=O)NCCc1cc2cc3c(cc2[nH]c1=O)OCCO3. The lowest BCUT2D eigenvalue weighted by Gasteiger charge is -2.18. The fourth-order valence-electron chi connectivity index (χ4n) is 2.55. The highest BCUT2D eigenvalue weighted by Gasteiger charge is 2.15. The van der Waals surface area contributed by atoms with Crippen molar-refractivity contribution in [2.24, 2.45) is 0 Å². The van der Waals surface area contributed by atoms with E-state index in [0.717, 1.165) is 5.39 Å². The minimum absolute atomic E-state index is 0.132. The molecule has 132 valence electrons. The fourth-order valence-corrected chi connectivity index (χ4v) is 2.55. The highest BCUT2D eigenvalue weighted by Crippen LogP contribution is 2.33. The predicted octanol–water partition coefficient (Wildman–Crippen LogP) is 0.521. The number of amides is 1. The van der Waals surface area contributed by atoms with Crippen molar-refractivity contribution >= 4 is 22.8 Å². The number of H-pyrrole nitrogens is 1. The molecule has 2 aromatic rings. The Morgan fingerprint density at radius 3 is 2.64 bits per heavy atom. The van der Waals surface area contributed by atoms with Crippen LogP contribution < -0.4 is 20.3 Å². The van der Waals surface area contributed by atoms with Gasteiger partial charge in [-0.2, -0.15) is 0 Å². The van der Waals surface area contributed by atoms with E-state index in [1.165, 1.54) is 0 Å². The van der Waals surface area contributed by atoms with Crippen molar-refractivity contribution in [1.82, 2.24) is 10.3 Å². The molecule has 0 unspecified atom stereocenters. The highest BCUT2D eigenvalue weighted by molar-refractivity contribution is 6.32. The zero-order chi connectivity index (χ0) is 17.8. The quantitative estimate of drug-likeness (QED) is 0.617. The first kappa shape index (κ1) is 16.8. The van der Waals surface area contributed by atoms with Crippen molar-refractivity contribution < 1.29 is 23.8 Å². The van der Waals surface area contributed by atoms with E-state index in [2.05, 4.69) is 15.0 Å². The lowest BCUT2D eigenvalue weighted by atomic mass is 10.1. The molecule has 0 spiro atoms. The van der Waals surface area contributed by atoms with Crippen LogP contribution in [0.5, 0.6) is 11.5 Å². The molecule has 1 aliphatic heterocycles. The number of benzene rings is 1. The summed E-state index contributed by atoms with van der Waals surface area (Å²) >= 11 is 0. The van der Waals surface area contributed by atoms with Crippen LogP contribution in [0.2, 0.25) is 0 Å². The number of hydrogen-bond acceptors (Lipinski definition) is 6. The van der Waals surface area contributed by atoms with Crippen molar-refractivity contribution in [3.8, 4) is 11.5 Å². The summed E-state index contributed by atoms with van der Waals surface area (Å²) in [5, 5.41) is 3.23. The van der Waals surface area contributed by atoms with E-state index in [1.54, 1.807) is 25.1 Å². The second kappa shape index (κ2) is 7.25. The molecule has 25 heavy (non-hydrogen) atoms. The van der Waals surface area contributed by atoms with Crippen LogP contribution in [0.1, 0.15) is 12.5 Å². The Balaban J connectivity index is 1.73. The van der Waals surface area contributed by atoms with E-state index in [0.29, 0.717) is 35.8 Å². The molecule has 8 heteroatoms. The van der Waals surface area contributed by atoms with Gasteiger partial charge in [-0.15, -0.1) is 0 Å². The van der Waals surface area contributed by atoms with Gasteiger partial charge < -0.3 is 24.5 Å². The van der Waals surface area contributed by atoms with Crippen molar-refractivity contribution in [2.45, 2.75) is 13.3 Å². The lowest BCUT2D eigenvalue weighted by Crippen LogP contribution is -2.34. The molecule has 0 atom stereocenters. The van der Waals surface area contributed by atoms with Gasteiger partial charge in [0.1, 0.15) is 13.2 Å². The number of carbonyl (C=O) groups excluding carboxylic acids is 2. The second-order valence-electron chi connectivity index (χ2n) is 5.43. The average molecular weight is 346 g/mol. The molecular weight excluding hydrogens is 328 g/mol. The number of aromatic nitrogens is 1. The van der Waals surface area contributed by atoms with Gasteiger partial charge in [0, 0.05) is 23.6 Å². The fraction of sp³-hybridized carbons (Fsp3) is 0.353. The van der Waals surface area contributed by atoms with Crippen LogP contribution >= 0.6 is 0 Å². The normalized spacial score (nSPS) is 12.7. The molecule has 0 saturated carbocycles. The average Bonchev–Trinajstić information content (AvgIpc) is 2.60. The molecule has 1 aromatic heterocycles. The molecule has 3 rings (SSSR count). The maximum absolute atomic E-state index is 12.2. The molecule has 2 N–H and O–H groups in total. The summed E-state index contributed by atoms with van der Waals surface area (Å²) in [5.74, 6) is -0.520. The monoisotopic (exact) mass is 346 g/mol. The van der Waals surface area contributed by atoms with E-state index in [9.17, 15) is 14.4 Å². The molecule has 1 aromatic carbocycles. The molecule has 0 fully saturated rings. The van der Waals surface area contributed by atoms with E-state index >= 15 is 0 Å². The highest BCUT2D eigenvalue weighted by atomic mass is 16.6. The van der Waals surface area contributed by atoms with Gasteiger partial charge in [-0.3, -0.25) is 9.59 Å². The first-order valence-electron chi connectivity index (χ1n) is 7.99. The molecule has 2 heterocycles. The third-order valence-electron chi connectivity index (χ3n) is 3.72. The number of pyridine rings is 1. The number of carbonyl (C=O) groups is 2. The summed E-state index contributed by atoms with van der Waals surface area (Å²) in [5.41, 5.74) is 0.886. The number of hydrogen-bond donors (Lipinski definition) is 2. The summed E-state index contributed by atoms with van der Waals surface area (Å²) in [6.45, 7) is 2.85. The van der Waals surface area contributed by atoms with Gasteiger partial charge in [0.25, 0.3) is 5.56 Å². The standard InChI is InChI=1S/C17H18N2O6/c1-2-23-17(22)16(21)18-4-3-10-7-11-8-13-14(25-6-5-24-13)9-12(11)19-15(10)20/h7-9H,2-6H2,1H3,(H,18,21)(H,19,20). The summed E-state index contributed by atoms with van der Waals surface area (Å²) in [6, 6.07) is 5.28. The lowest BCUT2D eigenvalue weighted by molar-refractivity contribution is -0.154. The van der Waals surface area contributed by atoms with E-state index in [4.69, 9.17) is 9.47 Å². The largest absolute Gasteiger partial charge is 0.486 e. The summed E-state index contributed by atoms with van der Waals surface area (Å²) in [6.07, 6.45) is 0.283. The third kappa shape index (κ3) is 3.73. The van der Waals surface area contributed by atoms with Crippen molar-refractivity contribution in [1.29, 1.82) is 0 Å². The van der Waals surface area contributed by atoms with E-state index in [1.807, 2.05) is 0 Å².